The van der Waals surface area contributed by atoms with Gasteiger partial charge in [0.05, 0.1) is 17.4 Å². The molecule has 0 spiro atoms. The first-order valence-corrected chi connectivity index (χ1v) is 11.5. The predicted molar refractivity (Wildman–Crippen MR) is 115 cm³/mol. The van der Waals surface area contributed by atoms with E-state index in [1.165, 1.54) is 6.07 Å². The van der Waals surface area contributed by atoms with E-state index < -0.39 is 21.8 Å². The van der Waals surface area contributed by atoms with Crippen molar-refractivity contribution >= 4 is 33.4 Å². The number of hydrogen-bond acceptors (Lipinski definition) is 5. The normalized spacial score (nSPS) is 12.1. The van der Waals surface area contributed by atoms with Gasteiger partial charge in [-0.3, -0.25) is 4.79 Å². The van der Waals surface area contributed by atoms with Crippen molar-refractivity contribution in [3.05, 3.63) is 64.7 Å². The zero-order chi connectivity index (χ0) is 22.1. The monoisotopic (exact) mass is 452 g/mol. The molecule has 0 aliphatic carbocycles. The standard InChI is InChI=1S/C21H25ClN2O5S/c1-3-29-21(26)24-14-30(27,28)19-7-5-4-6-17(19)12-13-23-20(25)15(2)16-8-10-18(22)11-9-16/h4-11,15H,3,12-14H2,1-2H3,(H,23,25)(H,24,26). The molecule has 9 heteroatoms. The van der Waals surface area contributed by atoms with E-state index in [0.29, 0.717) is 17.0 Å². The van der Waals surface area contributed by atoms with Gasteiger partial charge in [0.2, 0.25) is 5.91 Å². The van der Waals surface area contributed by atoms with Gasteiger partial charge >= 0.3 is 6.09 Å². The number of alkyl carbamates (subject to hydrolysis) is 1. The highest BCUT2D eigenvalue weighted by molar-refractivity contribution is 7.91. The molecule has 1 unspecified atom stereocenters. The fraction of sp³-hybridized carbons (Fsp3) is 0.333. The van der Waals surface area contributed by atoms with Gasteiger partial charge in [0, 0.05) is 11.6 Å². The molecule has 0 bridgehead atoms. The van der Waals surface area contributed by atoms with Gasteiger partial charge in [-0.2, -0.15) is 0 Å². The van der Waals surface area contributed by atoms with Crippen LogP contribution in [-0.2, 0) is 25.8 Å². The highest BCUT2D eigenvalue weighted by Crippen LogP contribution is 2.19. The lowest BCUT2D eigenvalue weighted by molar-refractivity contribution is -0.122. The SMILES string of the molecule is CCOC(=O)NCS(=O)(=O)c1ccccc1CCNC(=O)C(C)c1ccc(Cl)cc1. The summed E-state index contributed by atoms with van der Waals surface area (Å²) in [5, 5.41) is 5.66. The molecular formula is C21H25ClN2O5S. The Labute approximate surface area is 181 Å². The Kier molecular flexibility index (Phi) is 8.68. The zero-order valence-corrected chi connectivity index (χ0v) is 18.4. The van der Waals surface area contributed by atoms with Crippen molar-refractivity contribution in [2.24, 2.45) is 0 Å². The van der Waals surface area contributed by atoms with Crippen LogP contribution in [0, 0.1) is 0 Å². The molecule has 0 aliphatic heterocycles. The molecular weight excluding hydrogens is 428 g/mol. The minimum Gasteiger partial charge on any atom is -0.450 e. The fourth-order valence-corrected chi connectivity index (χ4v) is 4.25. The lowest BCUT2D eigenvalue weighted by atomic mass is 10.0. The summed E-state index contributed by atoms with van der Waals surface area (Å²) in [6.45, 7) is 3.84. The fourth-order valence-electron chi connectivity index (χ4n) is 2.80. The second-order valence-electron chi connectivity index (χ2n) is 6.58. The minimum absolute atomic E-state index is 0.113. The largest absolute Gasteiger partial charge is 0.450 e. The predicted octanol–water partition coefficient (Wildman–Crippen LogP) is 3.28. The highest BCUT2D eigenvalue weighted by Gasteiger charge is 2.20. The van der Waals surface area contributed by atoms with Crippen LogP contribution in [0.4, 0.5) is 4.79 Å². The number of nitrogens with one attached hydrogen (secondary N) is 2. The zero-order valence-electron chi connectivity index (χ0n) is 16.9. The number of halogens is 1. The van der Waals surface area contributed by atoms with E-state index in [2.05, 4.69) is 10.6 Å². The van der Waals surface area contributed by atoms with Crippen LogP contribution >= 0.6 is 11.6 Å². The van der Waals surface area contributed by atoms with E-state index >= 15 is 0 Å². The third-order valence-electron chi connectivity index (χ3n) is 4.45. The van der Waals surface area contributed by atoms with E-state index in [1.54, 1.807) is 56.3 Å². The molecule has 2 N–H and O–H groups in total. The van der Waals surface area contributed by atoms with Gasteiger partial charge in [-0.05, 0) is 49.6 Å². The van der Waals surface area contributed by atoms with Crippen LogP contribution in [0.5, 0.6) is 0 Å². The Morgan fingerprint density at radius 2 is 1.73 bits per heavy atom. The quantitative estimate of drug-likeness (QED) is 0.608. The molecule has 2 aromatic carbocycles. The second kappa shape index (κ2) is 11.0. The molecule has 0 fully saturated rings. The van der Waals surface area contributed by atoms with E-state index in [1.807, 2.05) is 0 Å². The lowest BCUT2D eigenvalue weighted by Gasteiger charge is -2.14. The molecule has 162 valence electrons. The number of carbonyl (C=O) groups excluding carboxylic acids is 2. The maximum Gasteiger partial charge on any atom is 0.407 e. The molecule has 30 heavy (non-hydrogen) atoms. The van der Waals surface area contributed by atoms with Gasteiger partial charge in [-0.15, -0.1) is 0 Å². The molecule has 1 atom stereocenters. The Morgan fingerprint density at radius 1 is 1.07 bits per heavy atom. The number of sulfone groups is 1. The van der Waals surface area contributed by atoms with Crippen LogP contribution in [-0.4, -0.2) is 39.4 Å². The summed E-state index contributed by atoms with van der Waals surface area (Å²) in [6.07, 6.45) is -0.463. The number of hydrogen-bond donors (Lipinski definition) is 2. The third kappa shape index (κ3) is 6.74. The summed E-state index contributed by atoms with van der Waals surface area (Å²) < 4.78 is 29.9. The van der Waals surface area contributed by atoms with E-state index in [0.717, 1.165) is 5.56 Å². The third-order valence-corrected chi connectivity index (χ3v) is 6.29. The number of carbonyl (C=O) groups is 2. The summed E-state index contributed by atoms with van der Waals surface area (Å²) in [5.41, 5.74) is 1.40. The first kappa shape index (κ1) is 23.7. The van der Waals surface area contributed by atoms with Gasteiger partial charge in [-0.1, -0.05) is 41.9 Å². The van der Waals surface area contributed by atoms with Crippen LogP contribution in [0.3, 0.4) is 0 Å². The van der Waals surface area contributed by atoms with Crippen LogP contribution < -0.4 is 10.6 Å². The first-order chi connectivity index (χ1) is 14.2. The summed E-state index contributed by atoms with van der Waals surface area (Å²) in [7, 11) is -3.76. The second-order valence-corrected chi connectivity index (χ2v) is 8.97. The van der Waals surface area contributed by atoms with Crippen molar-refractivity contribution in [3.63, 3.8) is 0 Å². The molecule has 0 saturated carbocycles. The Balaban J connectivity index is 1.98. The molecule has 2 aromatic rings. The van der Waals surface area contributed by atoms with Crippen molar-refractivity contribution < 1.29 is 22.7 Å². The average molecular weight is 453 g/mol. The van der Waals surface area contributed by atoms with Crippen LogP contribution in [0.25, 0.3) is 0 Å². The smallest absolute Gasteiger partial charge is 0.407 e. The number of rotatable bonds is 9. The molecule has 2 rings (SSSR count). The Morgan fingerprint density at radius 3 is 2.40 bits per heavy atom. The summed E-state index contributed by atoms with van der Waals surface area (Å²) >= 11 is 5.87. The number of ether oxygens (including phenoxy) is 1. The maximum absolute atomic E-state index is 12.6. The number of amides is 2. The maximum atomic E-state index is 12.6. The van der Waals surface area contributed by atoms with Gasteiger partial charge in [0.1, 0.15) is 5.88 Å². The van der Waals surface area contributed by atoms with Gasteiger partial charge in [-0.25, -0.2) is 13.2 Å². The van der Waals surface area contributed by atoms with E-state index in [9.17, 15) is 18.0 Å². The Bertz CT molecular complexity index is 977. The molecule has 0 aromatic heterocycles. The molecule has 7 nitrogen and oxygen atoms in total. The lowest BCUT2D eigenvalue weighted by Crippen LogP contribution is -2.31. The molecule has 0 heterocycles. The summed E-state index contributed by atoms with van der Waals surface area (Å²) in [4.78, 5) is 23.9. The average Bonchev–Trinajstić information content (AvgIpc) is 2.73. The van der Waals surface area contributed by atoms with Gasteiger partial charge in [0.25, 0.3) is 0 Å². The van der Waals surface area contributed by atoms with Crippen LogP contribution in [0.1, 0.15) is 30.9 Å². The molecule has 0 saturated heterocycles. The van der Waals surface area contributed by atoms with Gasteiger partial charge < -0.3 is 15.4 Å². The highest BCUT2D eigenvalue weighted by atomic mass is 35.5. The molecule has 0 radical (unpaired) electrons. The van der Waals surface area contributed by atoms with Crippen molar-refractivity contribution in [1.82, 2.24) is 10.6 Å². The topological polar surface area (TPSA) is 102 Å². The summed E-state index contributed by atoms with van der Waals surface area (Å²) in [5.74, 6) is -1.10. The number of benzene rings is 2. The first-order valence-electron chi connectivity index (χ1n) is 9.49. The van der Waals surface area contributed by atoms with Crippen molar-refractivity contribution in [2.75, 3.05) is 19.0 Å². The van der Waals surface area contributed by atoms with Crippen molar-refractivity contribution in [1.29, 1.82) is 0 Å². The van der Waals surface area contributed by atoms with Gasteiger partial charge in [0.15, 0.2) is 9.84 Å². The Hall–Kier alpha value is -2.58. The molecule has 0 aliphatic rings. The minimum atomic E-state index is -3.76. The van der Waals surface area contributed by atoms with E-state index in [-0.39, 0.29) is 29.9 Å². The van der Waals surface area contributed by atoms with Crippen molar-refractivity contribution in [2.45, 2.75) is 31.1 Å². The summed E-state index contributed by atoms with van der Waals surface area (Å²) in [6, 6.07) is 13.6. The van der Waals surface area contributed by atoms with Crippen molar-refractivity contribution in [3.8, 4) is 0 Å². The van der Waals surface area contributed by atoms with E-state index in [4.69, 9.17) is 16.3 Å². The van der Waals surface area contributed by atoms with Crippen LogP contribution in [0.2, 0.25) is 5.02 Å². The van der Waals surface area contributed by atoms with Crippen LogP contribution in [0.15, 0.2) is 53.4 Å². The molecule has 2 amide bonds.